The van der Waals surface area contributed by atoms with Crippen LogP contribution in [0.3, 0.4) is 0 Å². The molecule has 0 aliphatic heterocycles. The van der Waals surface area contributed by atoms with Crippen LogP contribution >= 0.6 is 0 Å². The topological polar surface area (TPSA) is 12.0 Å². The molecule has 0 saturated heterocycles. The molecule has 2 aromatic carbocycles. The molecule has 0 amide bonds. The Kier molecular flexibility index (Phi) is 3.90. The second-order valence-corrected chi connectivity index (χ2v) is 4.40. The number of benzene rings is 2. The molecule has 1 N–H and O–H groups in total. The van der Waals surface area contributed by atoms with Gasteiger partial charge in [0.05, 0.1) is 6.04 Å². The van der Waals surface area contributed by atoms with Gasteiger partial charge in [-0.2, -0.15) is 0 Å². The lowest BCUT2D eigenvalue weighted by atomic mass is 9.97. The fourth-order valence-electron chi connectivity index (χ4n) is 2.12. The Morgan fingerprint density at radius 2 is 1.74 bits per heavy atom. The van der Waals surface area contributed by atoms with Crippen molar-refractivity contribution in [2.45, 2.75) is 13.0 Å². The average molecular weight is 265 g/mol. The number of aryl methyl sites for hydroxylation is 1. The lowest BCUT2D eigenvalue weighted by Gasteiger charge is -2.18. The van der Waals surface area contributed by atoms with E-state index in [4.69, 9.17) is 0 Å². The third-order valence-corrected chi connectivity index (χ3v) is 3.04. The summed E-state index contributed by atoms with van der Waals surface area (Å²) >= 11 is 0. The van der Waals surface area contributed by atoms with Gasteiger partial charge >= 0.3 is 0 Å². The zero-order valence-electron chi connectivity index (χ0n) is 10.7. The third kappa shape index (κ3) is 2.63. The van der Waals surface area contributed by atoms with Crippen LogP contribution in [-0.2, 0) is 0 Å². The molecule has 1 nitrogen and oxygen atoms in total. The lowest BCUT2D eigenvalue weighted by molar-refractivity contribution is 0.435. The first-order chi connectivity index (χ1) is 9.04. The standard InChI is InChI=1S/C15H14F3N/c1-9-4-3-5-10(8-9)15(19-2)11-6-7-12(16)14(18)13(11)17/h3-8,15,19H,1-2H3. The van der Waals surface area contributed by atoms with Crippen LogP contribution in [0.15, 0.2) is 36.4 Å². The summed E-state index contributed by atoms with van der Waals surface area (Å²) in [7, 11) is 1.65. The van der Waals surface area contributed by atoms with Crippen LogP contribution in [0.1, 0.15) is 22.7 Å². The predicted molar refractivity (Wildman–Crippen MR) is 68.4 cm³/mol. The van der Waals surface area contributed by atoms with Gasteiger partial charge in [-0.05, 0) is 25.6 Å². The first-order valence-electron chi connectivity index (χ1n) is 5.92. The summed E-state index contributed by atoms with van der Waals surface area (Å²) in [5, 5.41) is 2.92. The summed E-state index contributed by atoms with van der Waals surface area (Å²) in [5.41, 5.74) is 1.90. The molecule has 0 heterocycles. The predicted octanol–water partition coefficient (Wildman–Crippen LogP) is 3.72. The van der Waals surface area contributed by atoms with Crippen molar-refractivity contribution in [2.75, 3.05) is 7.05 Å². The Balaban J connectivity index is 2.51. The maximum absolute atomic E-state index is 13.8. The molecule has 100 valence electrons. The smallest absolute Gasteiger partial charge is 0.194 e. The van der Waals surface area contributed by atoms with Crippen molar-refractivity contribution in [1.82, 2.24) is 5.32 Å². The summed E-state index contributed by atoms with van der Waals surface area (Å²) in [5.74, 6) is -3.77. The highest BCUT2D eigenvalue weighted by atomic mass is 19.2. The van der Waals surface area contributed by atoms with E-state index in [0.29, 0.717) is 0 Å². The van der Waals surface area contributed by atoms with E-state index >= 15 is 0 Å². The van der Waals surface area contributed by atoms with E-state index < -0.39 is 23.5 Å². The minimum absolute atomic E-state index is 0.0898. The minimum atomic E-state index is -1.44. The molecule has 0 saturated carbocycles. The van der Waals surface area contributed by atoms with Crippen LogP contribution in [-0.4, -0.2) is 7.05 Å². The Hall–Kier alpha value is -1.81. The van der Waals surface area contributed by atoms with Crippen molar-refractivity contribution in [2.24, 2.45) is 0 Å². The minimum Gasteiger partial charge on any atom is -0.309 e. The molecule has 19 heavy (non-hydrogen) atoms. The van der Waals surface area contributed by atoms with Gasteiger partial charge in [0.1, 0.15) is 0 Å². The number of nitrogens with one attached hydrogen (secondary N) is 1. The number of hydrogen-bond acceptors (Lipinski definition) is 1. The Bertz CT molecular complexity index is 596. The molecule has 0 aliphatic carbocycles. The fourth-order valence-corrected chi connectivity index (χ4v) is 2.12. The molecule has 0 bridgehead atoms. The van der Waals surface area contributed by atoms with Gasteiger partial charge in [0.2, 0.25) is 0 Å². The lowest BCUT2D eigenvalue weighted by Crippen LogP contribution is -2.20. The second-order valence-electron chi connectivity index (χ2n) is 4.40. The number of halogens is 3. The van der Waals surface area contributed by atoms with Crippen molar-refractivity contribution in [3.05, 3.63) is 70.5 Å². The normalized spacial score (nSPS) is 12.5. The SMILES string of the molecule is CNC(c1cccc(C)c1)c1ccc(F)c(F)c1F. The van der Waals surface area contributed by atoms with Gasteiger partial charge in [0, 0.05) is 5.56 Å². The second kappa shape index (κ2) is 5.45. The van der Waals surface area contributed by atoms with E-state index in [2.05, 4.69) is 5.32 Å². The van der Waals surface area contributed by atoms with E-state index in [1.807, 2.05) is 31.2 Å². The molecule has 0 aromatic heterocycles. The molecule has 2 aromatic rings. The van der Waals surface area contributed by atoms with E-state index in [-0.39, 0.29) is 5.56 Å². The van der Waals surface area contributed by atoms with Gasteiger partial charge in [0.25, 0.3) is 0 Å². The molecular weight excluding hydrogens is 251 g/mol. The first-order valence-corrected chi connectivity index (χ1v) is 5.92. The summed E-state index contributed by atoms with van der Waals surface area (Å²) in [4.78, 5) is 0. The van der Waals surface area contributed by atoms with Crippen molar-refractivity contribution >= 4 is 0 Å². The van der Waals surface area contributed by atoms with Gasteiger partial charge in [-0.1, -0.05) is 35.9 Å². The monoisotopic (exact) mass is 265 g/mol. The molecule has 0 spiro atoms. The number of hydrogen-bond donors (Lipinski definition) is 1. The van der Waals surface area contributed by atoms with Crippen LogP contribution in [0.25, 0.3) is 0 Å². The van der Waals surface area contributed by atoms with E-state index in [9.17, 15) is 13.2 Å². The van der Waals surface area contributed by atoms with Crippen molar-refractivity contribution in [3.63, 3.8) is 0 Å². The van der Waals surface area contributed by atoms with Crippen LogP contribution in [0, 0.1) is 24.4 Å². The summed E-state index contributed by atoms with van der Waals surface area (Å²) in [6, 6.07) is 9.13. The zero-order chi connectivity index (χ0) is 14.0. The average Bonchev–Trinajstić information content (AvgIpc) is 2.40. The highest BCUT2D eigenvalue weighted by Gasteiger charge is 2.21. The van der Waals surface area contributed by atoms with Crippen molar-refractivity contribution in [1.29, 1.82) is 0 Å². The molecule has 0 aliphatic rings. The number of rotatable bonds is 3. The van der Waals surface area contributed by atoms with E-state index in [0.717, 1.165) is 17.2 Å². The third-order valence-electron chi connectivity index (χ3n) is 3.04. The zero-order valence-corrected chi connectivity index (χ0v) is 10.7. The summed E-state index contributed by atoms with van der Waals surface area (Å²) in [6.45, 7) is 1.91. The Morgan fingerprint density at radius 1 is 1.00 bits per heavy atom. The van der Waals surface area contributed by atoms with Crippen LogP contribution in [0.2, 0.25) is 0 Å². The molecule has 2 rings (SSSR count). The maximum atomic E-state index is 13.8. The molecule has 0 fully saturated rings. The molecule has 0 radical (unpaired) electrons. The van der Waals surface area contributed by atoms with Gasteiger partial charge in [-0.25, -0.2) is 13.2 Å². The van der Waals surface area contributed by atoms with Gasteiger partial charge in [0.15, 0.2) is 17.5 Å². The summed E-state index contributed by atoms with van der Waals surface area (Å²) in [6.07, 6.45) is 0. The Labute approximate surface area is 110 Å². The largest absolute Gasteiger partial charge is 0.309 e. The summed E-state index contributed by atoms with van der Waals surface area (Å²) < 4.78 is 40.1. The maximum Gasteiger partial charge on any atom is 0.194 e. The fraction of sp³-hybridized carbons (Fsp3) is 0.200. The van der Waals surface area contributed by atoms with Crippen molar-refractivity contribution in [3.8, 4) is 0 Å². The molecule has 1 atom stereocenters. The Morgan fingerprint density at radius 3 is 2.37 bits per heavy atom. The quantitative estimate of drug-likeness (QED) is 0.834. The van der Waals surface area contributed by atoms with E-state index in [1.54, 1.807) is 7.05 Å². The molecule has 4 heteroatoms. The highest BCUT2D eigenvalue weighted by molar-refractivity contribution is 5.35. The van der Waals surface area contributed by atoms with Gasteiger partial charge in [-0.15, -0.1) is 0 Å². The van der Waals surface area contributed by atoms with Crippen LogP contribution in [0.5, 0.6) is 0 Å². The molecular formula is C15H14F3N. The first kappa shape index (κ1) is 13.6. The van der Waals surface area contributed by atoms with Gasteiger partial charge in [-0.3, -0.25) is 0 Å². The van der Waals surface area contributed by atoms with Crippen LogP contribution < -0.4 is 5.32 Å². The molecule has 1 unspecified atom stereocenters. The van der Waals surface area contributed by atoms with Crippen LogP contribution in [0.4, 0.5) is 13.2 Å². The van der Waals surface area contributed by atoms with Gasteiger partial charge < -0.3 is 5.32 Å². The highest BCUT2D eigenvalue weighted by Crippen LogP contribution is 2.27. The van der Waals surface area contributed by atoms with E-state index in [1.165, 1.54) is 6.07 Å². The van der Waals surface area contributed by atoms with Crippen molar-refractivity contribution < 1.29 is 13.2 Å².